The minimum atomic E-state index is -4.32. The van der Waals surface area contributed by atoms with Gasteiger partial charge in [-0.05, 0) is 54.2 Å². The first-order valence-electron chi connectivity index (χ1n) is 12.2. The van der Waals surface area contributed by atoms with E-state index >= 15 is 0 Å². The lowest BCUT2D eigenvalue weighted by Crippen LogP contribution is -2.61. The molecule has 2 aliphatic heterocycles. The number of sulfonamides is 2. The van der Waals surface area contributed by atoms with Crippen LogP contribution in [-0.2, 0) is 42.7 Å². The van der Waals surface area contributed by atoms with Crippen LogP contribution in [0, 0.1) is 29.5 Å². The molecule has 3 heterocycles. The third kappa shape index (κ3) is 4.27. The van der Waals surface area contributed by atoms with Crippen LogP contribution in [0.4, 0.5) is 9.39 Å². The molecule has 14 heteroatoms. The minimum Gasteiger partial charge on any atom is -0.333 e. The monoisotopic (exact) mass is 580 g/mol. The van der Waals surface area contributed by atoms with Crippen molar-refractivity contribution in [2.24, 2.45) is 28.1 Å². The molecular weight excluding hydrogens is 555 g/mol. The summed E-state index contributed by atoms with van der Waals surface area (Å²) in [5.74, 6) is -2.97. The number of hydrogen-bond acceptors (Lipinski definition) is 8. The number of carbonyl (C=O) groups excluding carboxylic acids is 2. The number of hydrogen-bond donors (Lipinski definition) is 2. The summed E-state index contributed by atoms with van der Waals surface area (Å²) in [5, 5.41) is 4.60. The number of carbonyl (C=O) groups is 2. The molecule has 3 fully saturated rings. The quantitative estimate of drug-likeness (QED) is 0.499. The first kappa shape index (κ1) is 25.6. The van der Waals surface area contributed by atoms with Crippen LogP contribution in [0.2, 0.25) is 0 Å². The highest BCUT2D eigenvalue weighted by atomic mass is 32.2. The van der Waals surface area contributed by atoms with Crippen molar-refractivity contribution >= 4 is 53.9 Å². The van der Waals surface area contributed by atoms with Gasteiger partial charge in [-0.2, -0.15) is 8.42 Å². The standard InChI is InChI=1S/C24H25FN4O6S3/c1-37(32,33)26-9-15-11-36-23-21(15)38(34,35)28-22(27-23)18-20(30)17-13-4-5-14(8-13)19(17)29(24(18)31)10-12-2-6-16(25)7-3-12/h2-3,6-7,11,13-14,17-19,26H,4-5,8-10H2,1H3,(H,27,28). The van der Waals surface area contributed by atoms with Crippen molar-refractivity contribution < 1.29 is 30.8 Å². The van der Waals surface area contributed by atoms with Gasteiger partial charge in [0.1, 0.15) is 21.5 Å². The van der Waals surface area contributed by atoms with E-state index in [-0.39, 0.29) is 58.0 Å². The van der Waals surface area contributed by atoms with Gasteiger partial charge in [-0.3, -0.25) is 9.59 Å². The molecule has 4 aliphatic rings. The molecule has 0 radical (unpaired) electrons. The van der Waals surface area contributed by atoms with E-state index in [1.54, 1.807) is 17.0 Å². The van der Waals surface area contributed by atoms with Gasteiger partial charge in [-0.1, -0.05) is 12.1 Å². The van der Waals surface area contributed by atoms with Gasteiger partial charge in [0.2, 0.25) is 15.9 Å². The number of rotatable bonds is 6. The highest BCUT2D eigenvalue weighted by Gasteiger charge is 2.60. The Morgan fingerprint density at radius 3 is 2.61 bits per heavy atom. The average molecular weight is 581 g/mol. The largest absolute Gasteiger partial charge is 0.333 e. The fourth-order valence-corrected chi connectivity index (χ4v) is 9.54. The summed E-state index contributed by atoms with van der Waals surface area (Å²) in [6, 6.07) is 5.56. The molecular formula is C24H25FN4O6S3. The van der Waals surface area contributed by atoms with Gasteiger partial charge < -0.3 is 10.2 Å². The number of anilines is 1. The molecule has 2 saturated carbocycles. The fraction of sp³-hybridized carbons (Fsp3) is 0.458. The number of piperidine rings is 1. The molecule has 38 heavy (non-hydrogen) atoms. The van der Waals surface area contributed by atoms with Crippen LogP contribution in [0.5, 0.6) is 0 Å². The summed E-state index contributed by atoms with van der Waals surface area (Å²) >= 11 is 1.03. The third-order valence-electron chi connectivity index (χ3n) is 7.97. The number of thiophene rings is 1. The van der Waals surface area contributed by atoms with Crippen molar-refractivity contribution in [3.63, 3.8) is 0 Å². The molecule has 2 aromatic rings. The van der Waals surface area contributed by atoms with E-state index < -0.39 is 43.6 Å². The van der Waals surface area contributed by atoms with Crippen molar-refractivity contribution in [3.05, 3.63) is 46.6 Å². The number of nitrogens with one attached hydrogen (secondary N) is 2. The van der Waals surface area contributed by atoms with Crippen molar-refractivity contribution in [1.29, 1.82) is 0 Å². The van der Waals surface area contributed by atoms with Gasteiger partial charge >= 0.3 is 0 Å². The van der Waals surface area contributed by atoms with Crippen molar-refractivity contribution in [2.45, 2.75) is 43.3 Å². The fourth-order valence-electron chi connectivity index (χ4n) is 6.48. The maximum Gasteiger partial charge on any atom is 0.287 e. The molecule has 10 nitrogen and oxygen atoms in total. The summed E-state index contributed by atoms with van der Waals surface area (Å²) in [4.78, 5) is 29.2. The predicted octanol–water partition coefficient (Wildman–Crippen LogP) is 2.09. The number of benzene rings is 1. The van der Waals surface area contributed by atoms with Crippen LogP contribution in [0.25, 0.3) is 0 Å². The maximum absolute atomic E-state index is 13.9. The van der Waals surface area contributed by atoms with E-state index in [0.717, 1.165) is 36.9 Å². The smallest absolute Gasteiger partial charge is 0.287 e. The summed E-state index contributed by atoms with van der Waals surface area (Å²) < 4.78 is 69.1. The Hall–Kier alpha value is -2.68. The Balaban J connectivity index is 1.35. The van der Waals surface area contributed by atoms with Crippen LogP contribution in [-0.4, -0.2) is 51.6 Å². The van der Waals surface area contributed by atoms with Gasteiger partial charge in [-0.25, -0.2) is 17.5 Å². The highest BCUT2D eigenvalue weighted by Crippen LogP contribution is 2.54. The molecule has 1 amide bonds. The number of amidine groups is 1. The maximum atomic E-state index is 13.9. The van der Waals surface area contributed by atoms with Gasteiger partial charge in [0.15, 0.2) is 11.7 Å². The van der Waals surface area contributed by atoms with Gasteiger partial charge in [-0.15, -0.1) is 15.7 Å². The average Bonchev–Trinajstić information content (AvgIpc) is 3.56. The molecule has 2 aliphatic carbocycles. The van der Waals surface area contributed by atoms with Crippen LogP contribution in [0.15, 0.2) is 38.9 Å². The molecule has 6 rings (SSSR count). The van der Waals surface area contributed by atoms with Gasteiger partial charge in [0, 0.05) is 30.6 Å². The summed E-state index contributed by atoms with van der Waals surface area (Å²) in [6.07, 6.45) is 3.61. The normalized spacial score (nSPS) is 29.6. The van der Waals surface area contributed by atoms with E-state index in [2.05, 4.69) is 14.4 Å². The molecule has 5 unspecified atom stereocenters. The lowest BCUT2D eigenvalue weighted by molar-refractivity contribution is -0.153. The summed E-state index contributed by atoms with van der Waals surface area (Å²) in [6.45, 7) is -0.0607. The van der Waals surface area contributed by atoms with Crippen molar-refractivity contribution in [3.8, 4) is 0 Å². The van der Waals surface area contributed by atoms with E-state index in [1.807, 2.05) is 0 Å². The van der Waals surface area contributed by atoms with Crippen molar-refractivity contribution in [2.75, 3.05) is 11.6 Å². The molecule has 1 aromatic heterocycles. The van der Waals surface area contributed by atoms with E-state index in [1.165, 1.54) is 17.5 Å². The molecule has 2 N–H and O–H groups in total. The Labute approximate surface area is 223 Å². The van der Waals surface area contributed by atoms with Crippen LogP contribution >= 0.6 is 11.3 Å². The SMILES string of the molecule is CS(=O)(=O)NCc1csc2c1S(=O)(=O)N=C(C1C(=O)C3C4CCC(C4)C3N(Cc3ccc(F)cc3)C1=O)N2. The number of amides is 1. The predicted molar refractivity (Wildman–Crippen MR) is 138 cm³/mol. The second kappa shape index (κ2) is 8.93. The van der Waals surface area contributed by atoms with E-state index in [4.69, 9.17) is 0 Å². The van der Waals surface area contributed by atoms with Crippen molar-refractivity contribution in [1.82, 2.24) is 9.62 Å². The first-order chi connectivity index (χ1) is 17.9. The van der Waals surface area contributed by atoms with Crippen LogP contribution in [0.3, 0.4) is 0 Å². The lowest BCUT2D eigenvalue weighted by atomic mass is 9.73. The second-order valence-corrected chi connectivity index (χ2v) is 14.6. The van der Waals surface area contributed by atoms with Gasteiger partial charge in [0.25, 0.3) is 10.0 Å². The number of fused-ring (bicyclic) bond motifs is 6. The van der Waals surface area contributed by atoms with E-state index in [9.17, 15) is 30.8 Å². The number of likely N-dealkylation sites (tertiary alicyclic amines) is 1. The zero-order valence-corrected chi connectivity index (χ0v) is 22.7. The summed E-state index contributed by atoms with van der Waals surface area (Å²) in [7, 11) is -7.89. The Morgan fingerprint density at radius 2 is 1.89 bits per heavy atom. The second-order valence-electron chi connectivity index (χ2n) is 10.4. The van der Waals surface area contributed by atoms with Crippen LogP contribution in [0.1, 0.15) is 30.4 Å². The van der Waals surface area contributed by atoms with E-state index in [0.29, 0.717) is 5.56 Å². The lowest BCUT2D eigenvalue weighted by Gasteiger charge is -2.45. The topological polar surface area (TPSA) is 142 Å². The molecule has 1 aromatic carbocycles. The third-order valence-corrected chi connectivity index (χ3v) is 11.1. The Kier molecular flexibility index (Phi) is 6.01. The molecule has 1 saturated heterocycles. The minimum absolute atomic E-state index is 0.121. The number of ketones is 1. The number of Topliss-reactive ketones (excluding diaryl/α,β-unsaturated/α-hetero) is 1. The Bertz CT molecular complexity index is 1580. The first-order valence-corrected chi connectivity index (χ1v) is 16.4. The highest BCUT2D eigenvalue weighted by molar-refractivity contribution is 7.91. The molecule has 202 valence electrons. The molecule has 0 spiro atoms. The Morgan fingerprint density at radius 1 is 1.18 bits per heavy atom. The van der Waals surface area contributed by atoms with Gasteiger partial charge in [0.05, 0.1) is 6.26 Å². The zero-order valence-electron chi connectivity index (χ0n) is 20.3. The number of halogens is 1. The molecule has 2 bridgehead atoms. The summed E-state index contributed by atoms with van der Waals surface area (Å²) in [5.41, 5.74) is 0.933. The van der Waals surface area contributed by atoms with Crippen LogP contribution < -0.4 is 10.0 Å². The zero-order chi connectivity index (χ0) is 27.0. The molecule has 5 atom stereocenters. The number of nitrogens with zero attached hydrogens (tertiary/aromatic N) is 2.